The lowest BCUT2D eigenvalue weighted by Crippen LogP contribution is -2.19. The number of aromatic nitrogens is 2. The number of nitrogens with one attached hydrogen (secondary N) is 1. The monoisotopic (exact) mass is 427 g/mol. The SMILES string of the molecule is CCc1c(C)sc(NC(=O)c2ccccc2Cn2nc([N+](=O)[O-])cc2C)c1C(N)=O. The molecule has 0 bridgehead atoms. The number of hydrogen-bond acceptors (Lipinski definition) is 6. The van der Waals surface area contributed by atoms with Crippen LogP contribution in [0.15, 0.2) is 30.3 Å². The molecule has 0 unspecified atom stereocenters. The molecule has 30 heavy (non-hydrogen) atoms. The van der Waals surface area contributed by atoms with Crippen LogP contribution < -0.4 is 11.1 Å². The highest BCUT2D eigenvalue weighted by Gasteiger charge is 2.23. The quantitative estimate of drug-likeness (QED) is 0.440. The second-order valence-electron chi connectivity index (χ2n) is 6.73. The van der Waals surface area contributed by atoms with Crippen molar-refractivity contribution in [2.75, 3.05) is 5.32 Å². The fraction of sp³-hybridized carbons (Fsp3) is 0.250. The maximum absolute atomic E-state index is 13.0. The molecule has 0 aliphatic rings. The Kier molecular flexibility index (Phi) is 5.97. The Morgan fingerprint density at radius 3 is 2.60 bits per heavy atom. The summed E-state index contributed by atoms with van der Waals surface area (Å²) < 4.78 is 1.48. The summed E-state index contributed by atoms with van der Waals surface area (Å²) in [5, 5.41) is 18.2. The van der Waals surface area contributed by atoms with E-state index in [1.807, 2.05) is 13.8 Å². The molecule has 2 heterocycles. The lowest BCUT2D eigenvalue weighted by molar-refractivity contribution is -0.389. The number of carbonyl (C=O) groups excluding carboxylic acids is 2. The molecule has 0 fully saturated rings. The highest BCUT2D eigenvalue weighted by atomic mass is 32.1. The van der Waals surface area contributed by atoms with Gasteiger partial charge in [0.1, 0.15) is 5.00 Å². The van der Waals surface area contributed by atoms with Crippen LogP contribution in [0.3, 0.4) is 0 Å². The third-order valence-electron chi connectivity index (χ3n) is 4.77. The summed E-state index contributed by atoms with van der Waals surface area (Å²) in [6.07, 6.45) is 0.629. The van der Waals surface area contributed by atoms with Crippen molar-refractivity contribution in [2.45, 2.75) is 33.7 Å². The minimum absolute atomic E-state index is 0.190. The van der Waals surface area contributed by atoms with E-state index < -0.39 is 16.7 Å². The average molecular weight is 427 g/mol. The first-order valence-electron chi connectivity index (χ1n) is 9.23. The van der Waals surface area contributed by atoms with Gasteiger partial charge in [-0.05, 0) is 42.4 Å². The first kappa shape index (κ1) is 21.2. The highest BCUT2D eigenvalue weighted by molar-refractivity contribution is 7.16. The molecule has 0 atom stereocenters. The molecule has 3 aromatic rings. The Labute approximate surface area is 176 Å². The number of benzene rings is 1. The summed E-state index contributed by atoms with van der Waals surface area (Å²) in [5.41, 5.74) is 8.34. The van der Waals surface area contributed by atoms with Crippen molar-refractivity contribution in [3.05, 3.63) is 73.3 Å². The number of aryl methyl sites for hydroxylation is 2. The molecule has 0 aliphatic heterocycles. The van der Waals surface area contributed by atoms with Crippen molar-refractivity contribution in [1.82, 2.24) is 9.78 Å². The summed E-state index contributed by atoms with van der Waals surface area (Å²) in [4.78, 5) is 36.3. The van der Waals surface area contributed by atoms with E-state index in [-0.39, 0.29) is 12.4 Å². The molecule has 156 valence electrons. The Balaban J connectivity index is 1.92. The predicted octanol–water partition coefficient (Wildman–Crippen LogP) is 3.43. The molecule has 0 aliphatic carbocycles. The Hall–Kier alpha value is -3.53. The fourth-order valence-electron chi connectivity index (χ4n) is 3.31. The number of nitrogens with zero attached hydrogens (tertiary/aromatic N) is 3. The van der Waals surface area contributed by atoms with E-state index in [4.69, 9.17) is 5.73 Å². The van der Waals surface area contributed by atoms with Crippen LogP contribution in [0, 0.1) is 24.0 Å². The van der Waals surface area contributed by atoms with Gasteiger partial charge in [0, 0.05) is 10.4 Å². The lowest BCUT2D eigenvalue weighted by Gasteiger charge is -2.10. The van der Waals surface area contributed by atoms with Crippen LogP contribution in [0.1, 0.15) is 49.3 Å². The zero-order chi connectivity index (χ0) is 22.0. The molecule has 2 aromatic heterocycles. The number of amides is 2. The summed E-state index contributed by atoms with van der Waals surface area (Å²) in [6, 6.07) is 8.29. The van der Waals surface area contributed by atoms with Gasteiger partial charge in [0.15, 0.2) is 0 Å². The van der Waals surface area contributed by atoms with E-state index in [0.29, 0.717) is 33.8 Å². The maximum Gasteiger partial charge on any atom is 0.390 e. The molecule has 10 heteroatoms. The van der Waals surface area contributed by atoms with Crippen molar-refractivity contribution in [3.8, 4) is 0 Å². The summed E-state index contributed by atoms with van der Waals surface area (Å²) in [6.45, 7) is 5.71. The molecule has 2 amide bonds. The molecule has 3 rings (SSSR count). The first-order chi connectivity index (χ1) is 14.2. The van der Waals surface area contributed by atoms with Crippen LogP contribution >= 0.6 is 11.3 Å². The molecular formula is C20H21N5O4S. The minimum Gasteiger partial charge on any atom is -0.365 e. The highest BCUT2D eigenvalue weighted by Crippen LogP contribution is 2.33. The van der Waals surface area contributed by atoms with Crippen molar-refractivity contribution >= 4 is 34.0 Å². The number of carbonyl (C=O) groups is 2. The molecule has 0 saturated heterocycles. The number of thiophene rings is 1. The number of anilines is 1. The van der Waals surface area contributed by atoms with Crippen molar-refractivity contribution in [3.63, 3.8) is 0 Å². The second kappa shape index (κ2) is 8.46. The standard InChI is InChI=1S/C20H21N5O4S/c1-4-14-12(3)30-20(17(14)18(21)26)22-19(27)15-8-6-5-7-13(15)10-24-11(2)9-16(23-24)25(28)29/h5-9H,4,10H2,1-3H3,(H2,21,26)(H,22,27). The summed E-state index contributed by atoms with van der Waals surface area (Å²) in [5.74, 6) is -1.22. The van der Waals surface area contributed by atoms with Crippen LogP contribution in [-0.2, 0) is 13.0 Å². The zero-order valence-corrected chi connectivity index (χ0v) is 17.6. The lowest BCUT2D eigenvalue weighted by atomic mass is 10.1. The average Bonchev–Trinajstić information content (AvgIpc) is 3.21. The molecule has 0 spiro atoms. The maximum atomic E-state index is 13.0. The first-order valence-corrected chi connectivity index (χ1v) is 10.0. The summed E-state index contributed by atoms with van der Waals surface area (Å²) in [7, 11) is 0. The van der Waals surface area contributed by atoms with Gasteiger partial charge in [-0.1, -0.05) is 25.1 Å². The van der Waals surface area contributed by atoms with E-state index in [0.717, 1.165) is 10.4 Å². The van der Waals surface area contributed by atoms with Gasteiger partial charge in [0.05, 0.1) is 29.0 Å². The van der Waals surface area contributed by atoms with Crippen LogP contribution in [0.5, 0.6) is 0 Å². The Bertz CT molecular complexity index is 1150. The van der Waals surface area contributed by atoms with E-state index in [1.54, 1.807) is 31.2 Å². The number of nitrogens with two attached hydrogens (primary N) is 1. The van der Waals surface area contributed by atoms with Gasteiger partial charge < -0.3 is 21.2 Å². The number of hydrogen-bond donors (Lipinski definition) is 2. The third kappa shape index (κ3) is 4.08. The smallest absolute Gasteiger partial charge is 0.365 e. The second-order valence-corrected chi connectivity index (χ2v) is 7.95. The predicted molar refractivity (Wildman–Crippen MR) is 114 cm³/mol. The Morgan fingerprint density at radius 1 is 1.30 bits per heavy atom. The third-order valence-corrected chi connectivity index (χ3v) is 5.84. The van der Waals surface area contributed by atoms with Gasteiger partial charge in [-0.15, -0.1) is 11.3 Å². The van der Waals surface area contributed by atoms with E-state index >= 15 is 0 Å². The molecule has 0 saturated carbocycles. The Morgan fingerprint density at radius 2 is 2.00 bits per heavy atom. The van der Waals surface area contributed by atoms with Crippen molar-refractivity contribution in [2.24, 2.45) is 5.73 Å². The molecular weight excluding hydrogens is 406 g/mol. The van der Waals surface area contributed by atoms with Gasteiger partial charge in [-0.3, -0.25) is 9.59 Å². The molecule has 3 N–H and O–H groups in total. The van der Waals surface area contributed by atoms with Gasteiger partial charge in [-0.2, -0.15) is 4.68 Å². The number of rotatable bonds is 7. The number of nitro groups is 1. The van der Waals surface area contributed by atoms with Crippen LogP contribution in [0.2, 0.25) is 0 Å². The van der Waals surface area contributed by atoms with Gasteiger partial charge in [0.25, 0.3) is 11.8 Å². The topological polar surface area (TPSA) is 133 Å². The van der Waals surface area contributed by atoms with Crippen molar-refractivity contribution < 1.29 is 14.5 Å². The normalized spacial score (nSPS) is 10.8. The zero-order valence-electron chi connectivity index (χ0n) is 16.8. The van der Waals surface area contributed by atoms with Crippen LogP contribution in [0.25, 0.3) is 0 Å². The number of primary amides is 1. The molecule has 1 aromatic carbocycles. The fourth-order valence-corrected chi connectivity index (χ4v) is 4.45. The van der Waals surface area contributed by atoms with Gasteiger partial charge in [0.2, 0.25) is 0 Å². The molecule has 0 radical (unpaired) electrons. The van der Waals surface area contributed by atoms with Crippen LogP contribution in [-0.4, -0.2) is 26.5 Å². The van der Waals surface area contributed by atoms with Gasteiger partial charge in [-0.25, -0.2) is 0 Å². The van der Waals surface area contributed by atoms with E-state index in [9.17, 15) is 19.7 Å². The largest absolute Gasteiger partial charge is 0.390 e. The minimum atomic E-state index is -0.584. The molecule has 9 nitrogen and oxygen atoms in total. The van der Waals surface area contributed by atoms with Crippen molar-refractivity contribution in [1.29, 1.82) is 0 Å². The summed E-state index contributed by atoms with van der Waals surface area (Å²) >= 11 is 1.31. The van der Waals surface area contributed by atoms with Crippen LogP contribution in [0.4, 0.5) is 10.8 Å². The van der Waals surface area contributed by atoms with E-state index in [1.165, 1.54) is 22.1 Å². The van der Waals surface area contributed by atoms with Gasteiger partial charge >= 0.3 is 5.82 Å². The van der Waals surface area contributed by atoms with E-state index in [2.05, 4.69) is 10.4 Å².